The predicted octanol–water partition coefficient (Wildman–Crippen LogP) is 2.53. The van der Waals surface area contributed by atoms with Crippen LogP contribution in [0.3, 0.4) is 0 Å². The molecule has 0 fully saturated rings. The molecular weight excluding hydrogens is 244 g/mol. The number of furan rings is 1. The van der Waals surface area contributed by atoms with Gasteiger partial charge in [-0.1, -0.05) is 0 Å². The summed E-state index contributed by atoms with van der Waals surface area (Å²) in [5.41, 5.74) is 1.76. The molecule has 0 aliphatic carbocycles. The number of hydrogen-bond donors (Lipinski definition) is 2. The van der Waals surface area contributed by atoms with Gasteiger partial charge < -0.3 is 14.8 Å². The van der Waals surface area contributed by atoms with Gasteiger partial charge in [-0.15, -0.1) is 0 Å². The first-order chi connectivity index (χ1) is 9.08. The maximum Gasteiger partial charge on any atom is 0.372 e. The lowest BCUT2D eigenvalue weighted by Gasteiger charge is -2.12. The van der Waals surface area contributed by atoms with Crippen LogP contribution >= 0.6 is 0 Å². The first-order valence-corrected chi connectivity index (χ1v) is 6.04. The summed E-state index contributed by atoms with van der Waals surface area (Å²) in [6.07, 6.45) is 3.49. The minimum atomic E-state index is -1.04. The second-order valence-electron chi connectivity index (χ2n) is 4.41. The minimum Gasteiger partial charge on any atom is -0.475 e. The number of aryl methyl sites for hydroxylation is 1. The molecule has 2 heterocycles. The van der Waals surface area contributed by atoms with Gasteiger partial charge >= 0.3 is 5.97 Å². The molecule has 19 heavy (non-hydrogen) atoms. The third-order valence-corrected chi connectivity index (χ3v) is 2.95. The van der Waals surface area contributed by atoms with Gasteiger partial charge in [0.15, 0.2) is 0 Å². The van der Waals surface area contributed by atoms with Gasteiger partial charge in [-0.05, 0) is 37.6 Å². The van der Waals surface area contributed by atoms with Crippen molar-refractivity contribution in [3.63, 3.8) is 0 Å². The van der Waals surface area contributed by atoms with E-state index < -0.39 is 5.97 Å². The van der Waals surface area contributed by atoms with Crippen molar-refractivity contribution < 1.29 is 14.3 Å². The van der Waals surface area contributed by atoms with E-state index in [1.54, 1.807) is 25.4 Å². The third-order valence-electron chi connectivity index (χ3n) is 2.95. The van der Waals surface area contributed by atoms with E-state index in [4.69, 9.17) is 9.52 Å². The molecule has 2 rings (SSSR count). The number of hydrogen-bond acceptors (Lipinski definition) is 4. The predicted molar refractivity (Wildman–Crippen MR) is 69.9 cm³/mol. The number of aromatic carboxylic acids is 1. The van der Waals surface area contributed by atoms with Gasteiger partial charge in [-0.3, -0.25) is 4.98 Å². The van der Waals surface area contributed by atoms with Gasteiger partial charge in [0, 0.05) is 24.0 Å². The molecular formula is C14H16N2O3. The Kier molecular flexibility index (Phi) is 3.97. The Labute approximate surface area is 111 Å². The van der Waals surface area contributed by atoms with Crippen LogP contribution in [0.1, 0.15) is 40.4 Å². The molecule has 0 aliphatic heterocycles. The van der Waals surface area contributed by atoms with Crippen LogP contribution in [-0.4, -0.2) is 16.1 Å². The van der Waals surface area contributed by atoms with E-state index in [-0.39, 0.29) is 11.8 Å². The summed E-state index contributed by atoms with van der Waals surface area (Å²) in [7, 11) is 0. The third kappa shape index (κ3) is 3.20. The smallest absolute Gasteiger partial charge is 0.372 e. The van der Waals surface area contributed by atoms with Gasteiger partial charge in [-0.25, -0.2) is 4.79 Å². The first kappa shape index (κ1) is 13.3. The summed E-state index contributed by atoms with van der Waals surface area (Å²) in [5, 5.41) is 12.2. The quantitative estimate of drug-likeness (QED) is 0.864. The van der Waals surface area contributed by atoms with Crippen molar-refractivity contribution in [3.05, 3.63) is 53.2 Å². The molecule has 0 spiro atoms. The Morgan fingerprint density at radius 2 is 2.16 bits per heavy atom. The van der Waals surface area contributed by atoms with E-state index in [1.165, 1.54) is 0 Å². The van der Waals surface area contributed by atoms with E-state index in [0.29, 0.717) is 17.9 Å². The van der Waals surface area contributed by atoms with Crippen molar-refractivity contribution >= 4 is 5.97 Å². The Hall–Kier alpha value is -2.14. The van der Waals surface area contributed by atoms with Crippen LogP contribution in [0.25, 0.3) is 0 Å². The summed E-state index contributed by atoms with van der Waals surface area (Å²) < 4.78 is 5.29. The van der Waals surface area contributed by atoms with E-state index in [9.17, 15) is 4.79 Å². The van der Waals surface area contributed by atoms with E-state index in [0.717, 1.165) is 5.56 Å². The average Bonchev–Trinajstić information content (AvgIpc) is 2.78. The fraction of sp³-hybridized carbons (Fsp3) is 0.286. The zero-order valence-electron chi connectivity index (χ0n) is 10.9. The molecule has 0 saturated carbocycles. The van der Waals surface area contributed by atoms with Crippen molar-refractivity contribution in [1.29, 1.82) is 0 Å². The van der Waals surface area contributed by atoms with Crippen molar-refractivity contribution in [3.8, 4) is 0 Å². The Morgan fingerprint density at radius 3 is 2.74 bits per heavy atom. The summed E-state index contributed by atoms with van der Waals surface area (Å²) in [5.74, 6) is -0.407. The average molecular weight is 260 g/mol. The molecule has 2 aromatic rings. The van der Waals surface area contributed by atoms with Gasteiger partial charge in [-0.2, -0.15) is 0 Å². The molecule has 0 amide bonds. The van der Waals surface area contributed by atoms with Crippen molar-refractivity contribution in [2.24, 2.45) is 0 Å². The highest BCUT2D eigenvalue weighted by Crippen LogP contribution is 2.16. The topological polar surface area (TPSA) is 75.4 Å². The largest absolute Gasteiger partial charge is 0.475 e. The van der Waals surface area contributed by atoms with Crippen LogP contribution in [-0.2, 0) is 6.54 Å². The number of aromatic nitrogens is 1. The van der Waals surface area contributed by atoms with Crippen LogP contribution < -0.4 is 5.32 Å². The van der Waals surface area contributed by atoms with Crippen LogP contribution in [0.4, 0.5) is 0 Å². The van der Waals surface area contributed by atoms with Crippen molar-refractivity contribution in [1.82, 2.24) is 10.3 Å². The van der Waals surface area contributed by atoms with Crippen LogP contribution in [0, 0.1) is 6.92 Å². The van der Waals surface area contributed by atoms with Crippen molar-refractivity contribution in [2.75, 3.05) is 0 Å². The molecule has 0 aromatic carbocycles. The maximum atomic E-state index is 10.9. The van der Waals surface area contributed by atoms with E-state index in [1.807, 2.05) is 19.1 Å². The standard InChI is InChI=1S/C14H16N2O3/c1-9-7-12(19-13(9)14(17)18)8-16-10(2)11-3-5-15-6-4-11/h3-7,10,16H,8H2,1-2H3,(H,17,18)/t10-/m1/s1. The zero-order valence-corrected chi connectivity index (χ0v) is 10.9. The summed E-state index contributed by atoms with van der Waals surface area (Å²) in [6.45, 7) is 4.24. The SMILES string of the molecule is Cc1cc(CN[C@H](C)c2ccncc2)oc1C(=O)O. The normalized spacial score (nSPS) is 12.3. The minimum absolute atomic E-state index is 0.00774. The van der Waals surface area contributed by atoms with Gasteiger partial charge in [0.1, 0.15) is 5.76 Å². The highest BCUT2D eigenvalue weighted by atomic mass is 16.4. The Morgan fingerprint density at radius 1 is 1.47 bits per heavy atom. The summed E-state index contributed by atoms with van der Waals surface area (Å²) in [4.78, 5) is 14.8. The number of carboxylic acid groups (broad SMARTS) is 1. The van der Waals surface area contributed by atoms with Crippen LogP contribution in [0.5, 0.6) is 0 Å². The maximum absolute atomic E-state index is 10.9. The van der Waals surface area contributed by atoms with E-state index in [2.05, 4.69) is 10.3 Å². The molecule has 0 bridgehead atoms. The monoisotopic (exact) mass is 260 g/mol. The molecule has 5 nitrogen and oxygen atoms in total. The first-order valence-electron chi connectivity index (χ1n) is 6.04. The highest BCUT2D eigenvalue weighted by Gasteiger charge is 2.14. The van der Waals surface area contributed by atoms with Gasteiger partial charge in [0.25, 0.3) is 0 Å². The fourth-order valence-corrected chi connectivity index (χ4v) is 1.87. The summed E-state index contributed by atoms with van der Waals surface area (Å²) >= 11 is 0. The number of pyridine rings is 1. The molecule has 5 heteroatoms. The van der Waals surface area contributed by atoms with Gasteiger partial charge in [0.05, 0.1) is 6.54 Å². The lowest BCUT2D eigenvalue weighted by molar-refractivity contribution is 0.0659. The van der Waals surface area contributed by atoms with Gasteiger partial charge in [0.2, 0.25) is 5.76 Å². The number of carboxylic acids is 1. The molecule has 2 aromatic heterocycles. The lowest BCUT2D eigenvalue weighted by Crippen LogP contribution is -2.17. The highest BCUT2D eigenvalue weighted by molar-refractivity contribution is 5.86. The molecule has 1 atom stereocenters. The zero-order chi connectivity index (χ0) is 13.8. The van der Waals surface area contributed by atoms with Crippen LogP contribution in [0.2, 0.25) is 0 Å². The van der Waals surface area contributed by atoms with Crippen LogP contribution in [0.15, 0.2) is 35.0 Å². The fourth-order valence-electron chi connectivity index (χ4n) is 1.87. The Balaban J connectivity index is 1.99. The molecule has 0 aliphatic rings. The van der Waals surface area contributed by atoms with Crippen molar-refractivity contribution in [2.45, 2.75) is 26.4 Å². The Bertz CT molecular complexity index is 563. The number of carbonyl (C=O) groups is 1. The number of nitrogens with zero attached hydrogens (tertiary/aromatic N) is 1. The second kappa shape index (κ2) is 5.67. The molecule has 0 radical (unpaired) electrons. The number of nitrogens with one attached hydrogen (secondary N) is 1. The molecule has 100 valence electrons. The number of rotatable bonds is 5. The summed E-state index contributed by atoms with van der Waals surface area (Å²) in [6, 6.07) is 5.76. The molecule has 0 unspecified atom stereocenters. The van der Waals surface area contributed by atoms with E-state index >= 15 is 0 Å². The second-order valence-corrected chi connectivity index (χ2v) is 4.41. The lowest BCUT2D eigenvalue weighted by atomic mass is 10.1. The molecule has 0 saturated heterocycles. The molecule has 2 N–H and O–H groups in total.